The molecule has 0 spiro atoms. The molecule has 4 nitrogen and oxygen atoms in total. The first-order chi connectivity index (χ1) is 8.49. The highest BCUT2D eigenvalue weighted by Gasteiger charge is 2.34. The molecular weight excluding hydrogens is 318 g/mol. The van der Waals surface area contributed by atoms with E-state index in [1.54, 1.807) is 24.3 Å². The van der Waals surface area contributed by atoms with Crippen molar-refractivity contribution < 1.29 is 13.5 Å². The third kappa shape index (κ3) is 3.24. The highest BCUT2D eigenvalue weighted by atomic mass is 79.9. The van der Waals surface area contributed by atoms with Gasteiger partial charge in [0.1, 0.15) is 5.25 Å². The molecule has 1 saturated carbocycles. The van der Waals surface area contributed by atoms with Gasteiger partial charge in [0.05, 0.1) is 6.10 Å². The Labute approximate surface area is 116 Å². The van der Waals surface area contributed by atoms with E-state index in [0.717, 1.165) is 17.3 Å². The van der Waals surface area contributed by atoms with Crippen molar-refractivity contribution >= 4 is 31.6 Å². The lowest BCUT2D eigenvalue weighted by Crippen LogP contribution is -2.40. The quantitative estimate of drug-likeness (QED) is 0.893. The third-order valence-corrected chi connectivity index (χ3v) is 5.57. The largest absolute Gasteiger partial charge is 0.392 e. The standard InChI is InChI=1S/C12H16BrNO3S/c13-9-5-7-10(8-6-9)14-18(16,17)12-4-2-1-3-11(12)15/h5-8,11-12,14-15H,1-4H2/t11-,12-/m0/s1. The van der Waals surface area contributed by atoms with E-state index in [0.29, 0.717) is 18.5 Å². The fourth-order valence-corrected chi connectivity index (χ4v) is 4.10. The lowest BCUT2D eigenvalue weighted by molar-refractivity contribution is 0.133. The van der Waals surface area contributed by atoms with Gasteiger partial charge in [-0.25, -0.2) is 8.42 Å². The second-order valence-corrected chi connectivity index (χ2v) is 7.36. The second-order valence-electron chi connectivity index (χ2n) is 4.54. The maximum atomic E-state index is 12.2. The molecule has 2 rings (SSSR count). The number of aliphatic hydroxyl groups excluding tert-OH is 1. The van der Waals surface area contributed by atoms with Gasteiger partial charge in [0, 0.05) is 10.2 Å². The first kappa shape index (κ1) is 13.8. The van der Waals surface area contributed by atoms with Crippen LogP contribution in [0.15, 0.2) is 28.7 Å². The summed E-state index contributed by atoms with van der Waals surface area (Å²) < 4.78 is 27.8. The fourth-order valence-electron chi connectivity index (χ4n) is 2.20. The highest BCUT2D eigenvalue weighted by Crippen LogP contribution is 2.26. The summed E-state index contributed by atoms with van der Waals surface area (Å²) in [6.45, 7) is 0. The Kier molecular flexibility index (Phi) is 4.29. The van der Waals surface area contributed by atoms with E-state index in [1.807, 2.05) is 0 Å². The van der Waals surface area contributed by atoms with E-state index in [4.69, 9.17) is 0 Å². The number of sulfonamides is 1. The summed E-state index contributed by atoms with van der Waals surface area (Å²) in [5.41, 5.74) is 0.524. The molecule has 0 bridgehead atoms. The summed E-state index contributed by atoms with van der Waals surface area (Å²) in [6.07, 6.45) is 2.07. The van der Waals surface area contributed by atoms with E-state index in [-0.39, 0.29) is 0 Å². The molecule has 1 fully saturated rings. The smallest absolute Gasteiger partial charge is 0.238 e. The molecule has 100 valence electrons. The topological polar surface area (TPSA) is 66.4 Å². The second kappa shape index (κ2) is 5.59. The van der Waals surface area contributed by atoms with E-state index in [1.165, 1.54) is 0 Å². The lowest BCUT2D eigenvalue weighted by atomic mass is 9.97. The molecular formula is C12H16BrNO3S. The molecule has 1 aliphatic rings. The van der Waals surface area contributed by atoms with Crippen LogP contribution < -0.4 is 4.72 Å². The summed E-state index contributed by atoms with van der Waals surface area (Å²) in [4.78, 5) is 0. The number of nitrogens with one attached hydrogen (secondary N) is 1. The minimum atomic E-state index is -3.51. The van der Waals surface area contributed by atoms with Crippen molar-refractivity contribution in [2.45, 2.75) is 37.0 Å². The molecule has 2 atom stereocenters. The van der Waals surface area contributed by atoms with Gasteiger partial charge in [0.2, 0.25) is 10.0 Å². The molecule has 0 amide bonds. The van der Waals surface area contributed by atoms with Crippen LogP contribution in [-0.4, -0.2) is 24.9 Å². The van der Waals surface area contributed by atoms with E-state index < -0.39 is 21.4 Å². The van der Waals surface area contributed by atoms with Crippen molar-refractivity contribution in [3.63, 3.8) is 0 Å². The Bertz CT molecular complexity index is 501. The molecule has 1 aromatic rings. The molecule has 1 aromatic carbocycles. The van der Waals surface area contributed by atoms with Crippen LogP contribution in [0.25, 0.3) is 0 Å². The van der Waals surface area contributed by atoms with Crippen LogP contribution in [-0.2, 0) is 10.0 Å². The number of benzene rings is 1. The summed E-state index contributed by atoms with van der Waals surface area (Å²) in [7, 11) is -3.51. The van der Waals surface area contributed by atoms with Gasteiger partial charge < -0.3 is 5.11 Å². The Balaban J connectivity index is 2.13. The van der Waals surface area contributed by atoms with E-state index in [9.17, 15) is 13.5 Å². The number of aliphatic hydroxyl groups is 1. The number of anilines is 1. The van der Waals surface area contributed by atoms with Crippen molar-refractivity contribution in [2.75, 3.05) is 4.72 Å². The van der Waals surface area contributed by atoms with Crippen LogP contribution in [0.3, 0.4) is 0 Å². The van der Waals surface area contributed by atoms with Gasteiger partial charge in [-0.2, -0.15) is 0 Å². The summed E-state index contributed by atoms with van der Waals surface area (Å²) in [5, 5.41) is 9.10. The predicted octanol–water partition coefficient (Wildman–Crippen LogP) is 2.49. The van der Waals surface area contributed by atoms with Crippen LogP contribution in [0, 0.1) is 0 Å². The van der Waals surface area contributed by atoms with Crippen LogP contribution in [0.5, 0.6) is 0 Å². The average Bonchev–Trinajstić information content (AvgIpc) is 2.32. The fraction of sp³-hybridized carbons (Fsp3) is 0.500. The van der Waals surface area contributed by atoms with E-state index >= 15 is 0 Å². The molecule has 0 heterocycles. The third-order valence-electron chi connectivity index (χ3n) is 3.17. The van der Waals surface area contributed by atoms with Crippen LogP contribution in [0.1, 0.15) is 25.7 Å². The monoisotopic (exact) mass is 333 g/mol. The molecule has 0 radical (unpaired) electrons. The van der Waals surface area contributed by atoms with E-state index in [2.05, 4.69) is 20.7 Å². The zero-order chi connectivity index (χ0) is 13.2. The maximum Gasteiger partial charge on any atom is 0.238 e. The number of hydrogen-bond acceptors (Lipinski definition) is 3. The Morgan fingerprint density at radius 3 is 2.39 bits per heavy atom. The average molecular weight is 334 g/mol. The summed E-state index contributed by atoms with van der Waals surface area (Å²) >= 11 is 3.29. The Hall–Kier alpha value is -0.590. The molecule has 1 aliphatic carbocycles. The van der Waals surface area contributed by atoms with Crippen molar-refractivity contribution in [1.82, 2.24) is 0 Å². The first-order valence-electron chi connectivity index (χ1n) is 5.94. The summed E-state index contributed by atoms with van der Waals surface area (Å²) in [5.74, 6) is 0. The molecule has 0 saturated heterocycles. The molecule has 0 unspecified atom stereocenters. The van der Waals surface area contributed by atoms with Gasteiger partial charge in [0.25, 0.3) is 0 Å². The van der Waals surface area contributed by atoms with Crippen molar-refractivity contribution in [2.24, 2.45) is 0 Å². The Morgan fingerprint density at radius 2 is 1.78 bits per heavy atom. The first-order valence-corrected chi connectivity index (χ1v) is 8.28. The minimum absolute atomic E-state index is 0.521. The van der Waals surface area contributed by atoms with Gasteiger partial charge in [-0.1, -0.05) is 28.8 Å². The zero-order valence-electron chi connectivity index (χ0n) is 9.84. The maximum absolute atomic E-state index is 12.2. The normalized spacial score (nSPS) is 24.8. The van der Waals surface area contributed by atoms with Gasteiger partial charge >= 0.3 is 0 Å². The van der Waals surface area contributed by atoms with Gasteiger partial charge in [-0.3, -0.25) is 4.72 Å². The van der Waals surface area contributed by atoms with Gasteiger partial charge in [0.15, 0.2) is 0 Å². The van der Waals surface area contributed by atoms with Crippen molar-refractivity contribution in [3.05, 3.63) is 28.7 Å². The number of halogens is 1. The molecule has 6 heteroatoms. The Morgan fingerprint density at radius 1 is 1.17 bits per heavy atom. The predicted molar refractivity (Wildman–Crippen MR) is 74.9 cm³/mol. The van der Waals surface area contributed by atoms with Crippen LogP contribution >= 0.6 is 15.9 Å². The SMILES string of the molecule is O=S(=O)(Nc1ccc(Br)cc1)[C@H]1CCCC[C@@H]1O. The molecule has 0 aromatic heterocycles. The minimum Gasteiger partial charge on any atom is -0.392 e. The number of hydrogen-bond donors (Lipinski definition) is 2. The van der Waals surface area contributed by atoms with Gasteiger partial charge in [-0.05, 0) is 37.1 Å². The number of rotatable bonds is 3. The molecule has 2 N–H and O–H groups in total. The van der Waals surface area contributed by atoms with Crippen molar-refractivity contribution in [3.8, 4) is 0 Å². The molecule has 0 aliphatic heterocycles. The zero-order valence-corrected chi connectivity index (χ0v) is 12.2. The molecule has 18 heavy (non-hydrogen) atoms. The lowest BCUT2D eigenvalue weighted by Gasteiger charge is -2.27. The van der Waals surface area contributed by atoms with Gasteiger partial charge in [-0.15, -0.1) is 0 Å². The summed E-state index contributed by atoms with van der Waals surface area (Å²) in [6, 6.07) is 6.93. The van der Waals surface area contributed by atoms with Crippen molar-refractivity contribution in [1.29, 1.82) is 0 Å². The van der Waals surface area contributed by atoms with Crippen LogP contribution in [0.2, 0.25) is 0 Å². The van der Waals surface area contributed by atoms with Crippen LogP contribution in [0.4, 0.5) is 5.69 Å². The highest BCUT2D eigenvalue weighted by molar-refractivity contribution is 9.10.